The van der Waals surface area contributed by atoms with Crippen LogP contribution in [0.2, 0.25) is 4.34 Å². The van der Waals surface area contributed by atoms with Crippen molar-refractivity contribution in [2.75, 3.05) is 26.4 Å². The van der Waals surface area contributed by atoms with Gasteiger partial charge in [0.05, 0.1) is 17.6 Å². The van der Waals surface area contributed by atoms with E-state index in [9.17, 15) is 9.59 Å². The standard InChI is InChI=1S/C16H13ClN2OS.C13H23NO5/c17-14-8-11-7-13(19-16(11)21-14)15(20)18-12-5-9-3-1-2-4-10(9)6-12;1-13(2)18-9-10(19-13)12(15)14-6-8-17-11-5-3-4-7-16-11/h1-4,7-8,12,19H,5-6H2,(H,18,20);10-11H,3-9H2,1-2H3,(H,14,15). The third-order valence-corrected chi connectivity index (χ3v) is 8.25. The Kier molecular flexibility index (Phi) is 9.45. The number of thiophene rings is 1. The van der Waals surface area contributed by atoms with Crippen molar-refractivity contribution in [2.24, 2.45) is 0 Å². The first kappa shape index (κ1) is 29.0. The Balaban J connectivity index is 0.000000162. The van der Waals surface area contributed by atoms with Gasteiger partial charge in [0.15, 0.2) is 18.2 Å². The molecular weight excluding hydrogens is 554 g/mol. The van der Waals surface area contributed by atoms with Crippen molar-refractivity contribution in [1.29, 1.82) is 0 Å². The maximum atomic E-state index is 12.3. The molecule has 0 saturated carbocycles. The number of fused-ring (bicyclic) bond motifs is 2. The maximum absolute atomic E-state index is 12.3. The fourth-order valence-electron chi connectivity index (χ4n) is 5.08. The summed E-state index contributed by atoms with van der Waals surface area (Å²) in [7, 11) is 0. The van der Waals surface area contributed by atoms with Crippen LogP contribution < -0.4 is 10.6 Å². The summed E-state index contributed by atoms with van der Waals surface area (Å²) in [5.74, 6) is -0.875. The number of carbonyl (C=O) groups is 2. The van der Waals surface area contributed by atoms with Crippen molar-refractivity contribution >= 4 is 45.0 Å². The molecule has 2 saturated heterocycles. The van der Waals surface area contributed by atoms with Gasteiger partial charge in [0.1, 0.15) is 10.5 Å². The third-order valence-electron chi connectivity index (χ3n) is 7.05. The van der Waals surface area contributed by atoms with Crippen LogP contribution in [0.3, 0.4) is 0 Å². The Hall–Kier alpha value is -2.47. The number of H-pyrrole nitrogens is 1. The van der Waals surface area contributed by atoms with Gasteiger partial charge in [-0.25, -0.2) is 0 Å². The first-order valence-corrected chi connectivity index (χ1v) is 14.9. The van der Waals surface area contributed by atoms with Crippen molar-refractivity contribution in [3.05, 3.63) is 57.6 Å². The quantitative estimate of drug-likeness (QED) is 0.348. The molecule has 3 aliphatic rings. The minimum atomic E-state index is -0.672. The van der Waals surface area contributed by atoms with E-state index in [0.29, 0.717) is 25.5 Å². The van der Waals surface area contributed by atoms with Crippen molar-refractivity contribution in [1.82, 2.24) is 15.6 Å². The van der Waals surface area contributed by atoms with Crippen LogP contribution in [0.25, 0.3) is 10.2 Å². The molecule has 2 unspecified atom stereocenters. The average molecular weight is 590 g/mol. The molecule has 3 aromatic rings. The minimum absolute atomic E-state index is 0.0488. The number of carbonyl (C=O) groups excluding carboxylic acids is 2. The molecule has 3 N–H and O–H groups in total. The smallest absolute Gasteiger partial charge is 0.267 e. The molecule has 2 atom stereocenters. The van der Waals surface area contributed by atoms with Gasteiger partial charge in [-0.1, -0.05) is 35.9 Å². The molecule has 11 heteroatoms. The fraction of sp³-hybridized carbons (Fsp3) is 0.517. The van der Waals surface area contributed by atoms with Gasteiger partial charge < -0.3 is 34.6 Å². The molecule has 9 nitrogen and oxygen atoms in total. The van der Waals surface area contributed by atoms with Crippen molar-refractivity contribution in [2.45, 2.75) is 70.2 Å². The van der Waals surface area contributed by atoms with Crippen LogP contribution in [0.1, 0.15) is 54.7 Å². The number of aromatic nitrogens is 1. The molecule has 6 rings (SSSR count). The summed E-state index contributed by atoms with van der Waals surface area (Å²) in [5, 5.41) is 6.88. The molecule has 1 aliphatic carbocycles. The van der Waals surface area contributed by atoms with E-state index in [1.54, 1.807) is 13.8 Å². The molecule has 4 heterocycles. The van der Waals surface area contributed by atoms with Gasteiger partial charge in [-0.2, -0.15) is 0 Å². The van der Waals surface area contributed by atoms with Crippen LogP contribution in [0.15, 0.2) is 36.4 Å². The molecule has 2 aromatic heterocycles. The second-order valence-electron chi connectivity index (χ2n) is 10.6. The molecule has 2 amide bonds. The van der Waals surface area contributed by atoms with Crippen LogP contribution in [0.5, 0.6) is 0 Å². The van der Waals surface area contributed by atoms with Gasteiger partial charge in [0, 0.05) is 24.6 Å². The fourth-order valence-corrected chi connectivity index (χ4v) is 6.20. The SMILES string of the molecule is CC1(C)OCC(C(=O)NCCOC2CCCCO2)O1.O=C(NC1Cc2ccccc2C1)c1cc2cc(Cl)sc2[nH]1. The molecular formula is C29H36ClN3O6S. The Labute approximate surface area is 242 Å². The van der Waals surface area contributed by atoms with E-state index in [1.165, 1.54) is 22.5 Å². The lowest BCUT2D eigenvalue weighted by atomic mass is 10.1. The van der Waals surface area contributed by atoms with Crippen molar-refractivity contribution < 1.29 is 28.5 Å². The molecule has 0 bridgehead atoms. The van der Waals surface area contributed by atoms with Crippen LogP contribution >= 0.6 is 22.9 Å². The van der Waals surface area contributed by atoms with Gasteiger partial charge in [-0.05, 0) is 69.2 Å². The van der Waals surface area contributed by atoms with Gasteiger partial charge in [-0.15, -0.1) is 11.3 Å². The highest BCUT2D eigenvalue weighted by Gasteiger charge is 2.36. The highest BCUT2D eigenvalue weighted by atomic mass is 35.5. The second-order valence-corrected chi connectivity index (χ2v) is 12.3. The van der Waals surface area contributed by atoms with Gasteiger partial charge in [0.25, 0.3) is 11.8 Å². The number of benzene rings is 1. The predicted molar refractivity (Wildman–Crippen MR) is 154 cm³/mol. The van der Waals surface area contributed by atoms with Crippen molar-refractivity contribution in [3.63, 3.8) is 0 Å². The van der Waals surface area contributed by atoms with E-state index in [1.807, 2.05) is 24.3 Å². The van der Waals surface area contributed by atoms with Crippen LogP contribution in [-0.2, 0) is 36.6 Å². The predicted octanol–water partition coefficient (Wildman–Crippen LogP) is 4.58. The lowest BCUT2D eigenvalue weighted by Gasteiger charge is -2.22. The monoisotopic (exact) mass is 589 g/mol. The first-order valence-electron chi connectivity index (χ1n) is 13.7. The number of aromatic amines is 1. The largest absolute Gasteiger partial charge is 0.353 e. The minimum Gasteiger partial charge on any atom is -0.353 e. The second kappa shape index (κ2) is 13.0. The normalized spacial score (nSPS) is 22.0. The highest BCUT2D eigenvalue weighted by molar-refractivity contribution is 7.22. The van der Waals surface area contributed by atoms with Crippen LogP contribution in [-0.4, -0.2) is 67.4 Å². The topological polar surface area (TPSA) is 111 Å². The number of hydrogen-bond acceptors (Lipinski definition) is 7. The van der Waals surface area contributed by atoms with E-state index < -0.39 is 11.9 Å². The number of halogens is 1. The Morgan fingerprint density at radius 2 is 1.95 bits per heavy atom. The third kappa shape index (κ3) is 7.63. The Bertz CT molecular complexity index is 1260. The van der Waals surface area contributed by atoms with E-state index in [2.05, 4.69) is 27.8 Å². The lowest BCUT2D eigenvalue weighted by Crippen LogP contribution is -2.39. The molecule has 40 heavy (non-hydrogen) atoms. The number of hydrogen-bond donors (Lipinski definition) is 3. The van der Waals surface area contributed by atoms with Gasteiger partial charge in [0.2, 0.25) is 0 Å². The molecule has 0 spiro atoms. The number of amides is 2. The van der Waals surface area contributed by atoms with Gasteiger partial charge >= 0.3 is 0 Å². The highest BCUT2D eigenvalue weighted by Crippen LogP contribution is 2.30. The van der Waals surface area contributed by atoms with E-state index in [-0.39, 0.29) is 24.1 Å². The lowest BCUT2D eigenvalue weighted by molar-refractivity contribution is -0.163. The van der Waals surface area contributed by atoms with E-state index in [4.69, 9.17) is 30.5 Å². The summed E-state index contributed by atoms with van der Waals surface area (Å²) in [6.45, 7) is 5.56. The molecule has 0 radical (unpaired) electrons. The Morgan fingerprint density at radius 1 is 1.18 bits per heavy atom. The molecule has 2 fully saturated rings. The molecule has 2 aliphatic heterocycles. The molecule has 1 aromatic carbocycles. The van der Waals surface area contributed by atoms with E-state index >= 15 is 0 Å². The van der Waals surface area contributed by atoms with Crippen LogP contribution in [0, 0.1) is 0 Å². The summed E-state index contributed by atoms with van der Waals surface area (Å²) in [4.78, 5) is 28.2. The summed E-state index contributed by atoms with van der Waals surface area (Å²) < 4.78 is 22.5. The summed E-state index contributed by atoms with van der Waals surface area (Å²) >= 11 is 7.40. The zero-order valence-corrected chi connectivity index (χ0v) is 24.4. The number of ether oxygens (including phenoxy) is 4. The van der Waals surface area contributed by atoms with E-state index in [0.717, 1.165) is 53.3 Å². The maximum Gasteiger partial charge on any atom is 0.267 e. The zero-order valence-electron chi connectivity index (χ0n) is 22.8. The average Bonchev–Trinajstić information content (AvgIpc) is 3.69. The summed E-state index contributed by atoms with van der Waals surface area (Å²) in [5.41, 5.74) is 3.27. The number of nitrogens with one attached hydrogen (secondary N) is 3. The zero-order chi connectivity index (χ0) is 28.1. The summed E-state index contributed by atoms with van der Waals surface area (Å²) in [6.07, 6.45) is 4.34. The Morgan fingerprint density at radius 3 is 2.60 bits per heavy atom. The summed E-state index contributed by atoms with van der Waals surface area (Å²) in [6, 6.07) is 12.3. The van der Waals surface area contributed by atoms with Crippen molar-refractivity contribution in [3.8, 4) is 0 Å². The van der Waals surface area contributed by atoms with Crippen LogP contribution in [0.4, 0.5) is 0 Å². The van der Waals surface area contributed by atoms with Gasteiger partial charge in [-0.3, -0.25) is 9.59 Å². The number of rotatable bonds is 7. The first-order chi connectivity index (χ1) is 19.3. The molecule has 216 valence electrons.